The fourth-order valence-corrected chi connectivity index (χ4v) is 4.07. The number of carbonyl (C=O) groups is 1. The highest BCUT2D eigenvalue weighted by molar-refractivity contribution is 8.01. The number of rotatable bonds is 2. The molecule has 0 radical (unpaired) electrons. The highest BCUT2D eigenvalue weighted by Crippen LogP contribution is 2.39. The summed E-state index contributed by atoms with van der Waals surface area (Å²) >= 11 is 0. The maximum atomic E-state index is 11.1. The normalized spacial score (nSPS) is 29.6. The van der Waals surface area contributed by atoms with Crippen molar-refractivity contribution in [3.8, 4) is 0 Å². The van der Waals surface area contributed by atoms with Gasteiger partial charge in [-0.1, -0.05) is 24.8 Å². The molecule has 2 heteroatoms. The van der Waals surface area contributed by atoms with Crippen LogP contribution in [0, 0.1) is 0 Å². The first-order valence-electron chi connectivity index (χ1n) is 4.61. The van der Waals surface area contributed by atoms with Crippen LogP contribution in [0.4, 0.5) is 0 Å². The lowest BCUT2D eigenvalue weighted by Gasteiger charge is -2.11. The minimum atomic E-state index is -0.258. The molecule has 1 aromatic carbocycles. The van der Waals surface area contributed by atoms with Crippen molar-refractivity contribution in [3.05, 3.63) is 41.8 Å². The molecule has 0 bridgehead atoms. The lowest BCUT2D eigenvalue weighted by molar-refractivity contribution is -0.109. The molecule has 1 heterocycles. The molecule has 0 saturated heterocycles. The Bertz CT molecular complexity index is 386. The van der Waals surface area contributed by atoms with E-state index in [0.717, 1.165) is 12.7 Å². The summed E-state index contributed by atoms with van der Waals surface area (Å²) in [7, 11) is -0.117. The van der Waals surface area contributed by atoms with E-state index in [4.69, 9.17) is 0 Å². The highest BCUT2D eigenvalue weighted by atomic mass is 32.2. The third-order valence-electron chi connectivity index (χ3n) is 2.67. The minimum Gasteiger partial charge on any atom is -0.297 e. The van der Waals surface area contributed by atoms with Gasteiger partial charge < -0.3 is 0 Å². The molecule has 0 spiro atoms. The van der Waals surface area contributed by atoms with Crippen LogP contribution in [-0.2, 0) is 22.1 Å². The van der Waals surface area contributed by atoms with E-state index < -0.39 is 0 Å². The largest absolute Gasteiger partial charge is 0.297 e. The topological polar surface area (TPSA) is 17.1 Å². The van der Waals surface area contributed by atoms with Gasteiger partial charge in [-0.15, -0.1) is 0 Å². The van der Waals surface area contributed by atoms with E-state index in [9.17, 15) is 4.79 Å². The van der Waals surface area contributed by atoms with Crippen LogP contribution in [0.3, 0.4) is 0 Å². The van der Waals surface area contributed by atoms with Crippen LogP contribution in [0.15, 0.2) is 41.1 Å². The molecule has 0 aromatic heterocycles. The molecule has 1 aliphatic rings. The lowest BCUT2D eigenvalue weighted by Crippen LogP contribution is -2.32. The molecule has 1 aliphatic heterocycles. The van der Waals surface area contributed by atoms with Crippen molar-refractivity contribution in [2.45, 2.75) is 23.0 Å². The zero-order chi connectivity index (χ0) is 10.2. The molecular weight excluding hydrogens is 192 g/mol. The third-order valence-corrected chi connectivity index (χ3v) is 5.12. The molecule has 14 heavy (non-hydrogen) atoms. The predicted molar refractivity (Wildman–Crippen MR) is 60.4 cm³/mol. The van der Waals surface area contributed by atoms with Gasteiger partial charge in [0, 0.05) is 12.0 Å². The number of aldehydes is 1. The summed E-state index contributed by atoms with van der Waals surface area (Å²) in [5.41, 5.74) is 1.30. The van der Waals surface area contributed by atoms with Crippen molar-refractivity contribution in [2.24, 2.45) is 0 Å². The first-order valence-corrected chi connectivity index (χ1v) is 5.90. The number of benzene rings is 1. The average molecular weight is 205 g/mol. The fraction of sp³-hybridized carbons (Fsp3) is 0.250. The molecule has 0 aliphatic carbocycles. The number of hydrogen-bond donors (Lipinski definition) is 0. The molecule has 0 N–H and O–H groups in total. The SMILES string of the molecule is C=C[S+]1c2ccccc2CC1(C)C=O. The molecule has 0 saturated carbocycles. The van der Waals surface area contributed by atoms with Crippen LogP contribution >= 0.6 is 0 Å². The van der Waals surface area contributed by atoms with Crippen molar-refractivity contribution < 1.29 is 4.79 Å². The molecule has 1 aromatic rings. The van der Waals surface area contributed by atoms with Crippen molar-refractivity contribution in [1.29, 1.82) is 0 Å². The Hall–Kier alpha value is -1.02. The first-order chi connectivity index (χ1) is 6.71. The van der Waals surface area contributed by atoms with Crippen LogP contribution in [0.1, 0.15) is 12.5 Å². The molecule has 0 fully saturated rings. The number of fused-ring (bicyclic) bond motifs is 1. The van der Waals surface area contributed by atoms with Gasteiger partial charge in [0.25, 0.3) is 0 Å². The average Bonchev–Trinajstić information content (AvgIpc) is 2.50. The van der Waals surface area contributed by atoms with E-state index in [0.29, 0.717) is 0 Å². The predicted octanol–water partition coefficient (Wildman–Crippen LogP) is 2.32. The summed E-state index contributed by atoms with van der Waals surface area (Å²) in [6.07, 6.45) is 1.93. The second-order valence-electron chi connectivity index (χ2n) is 3.72. The molecule has 2 unspecified atom stereocenters. The van der Waals surface area contributed by atoms with E-state index in [1.807, 2.05) is 24.5 Å². The van der Waals surface area contributed by atoms with Gasteiger partial charge in [-0.2, -0.15) is 0 Å². The van der Waals surface area contributed by atoms with Crippen LogP contribution in [0.2, 0.25) is 0 Å². The highest BCUT2D eigenvalue weighted by Gasteiger charge is 2.50. The van der Waals surface area contributed by atoms with E-state index in [1.54, 1.807) is 0 Å². The zero-order valence-corrected chi connectivity index (χ0v) is 9.01. The Morgan fingerprint density at radius 2 is 2.21 bits per heavy atom. The van der Waals surface area contributed by atoms with Crippen molar-refractivity contribution in [2.75, 3.05) is 0 Å². The third kappa shape index (κ3) is 1.22. The van der Waals surface area contributed by atoms with Crippen LogP contribution < -0.4 is 0 Å². The molecule has 2 atom stereocenters. The van der Waals surface area contributed by atoms with Gasteiger partial charge in [-0.05, 0) is 13.0 Å². The van der Waals surface area contributed by atoms with Crippen LogP contribution in [0.25, 0.3) is 0 Å². The van der Waals surface area contributed by atoms with Gasteiger partial charge >= 0.3 is 0 Å². The van der Waals surface area contributed by atoms with E-state index in [2.05, 4.69) is 18.7 Å². The molecule has 2 rings (SSSR count). The number of carbonyl (C=O) groups excluding carboxylic acids is 1. The second kappa shape index (κ2) is 3.28. The fourth-order valence-electron chi connectivity index (χ4n) is 1.95. The van der Waals surface area contributed by atoms with Crippen molar-refractivity contribution in [3.63, 3.8) is 0 Å². The Morgan fingerprint density at radius 3 is 2.86 bits per heavy atom. The van der Waals surface area contributed by atoms with Gasteiger partial charge in [0.2, 0.25) is 0 Å². The summed E-state index contributed by atoms with van der Waals surface area (Å²) in [4.78, 5) is 12.4. The maximum absolute atomic E-state index is 11.1. The zero-order valence-electron chi connectivity index (χ0n) is 8.19. The molecule has 0 amide bonds. The number of hydrogen-bond acceptors (Lipinski definition) is 1. The summed E-state index contributed by atoms with van der Waals surface area (Å²) in [6.45, 7) is 5.86. The van der Waals surface area contributed by atoms with Crippen LogP contribution in [0.5, 0.6) is 0 Å². The summed E-state index contributed by atoms with van der Waals surface area (Å²) in [6, 6.07) is 8.27. The van der Waals surface area contributed by atoms with Crippen LogP contribution in [-0.4, -0.2) is 11.0 Å². The minimum absolute atomic E-state index is 0.117. The monoisotopic (exact) mass is 205 g/mol. The molecule has 72 valence electrons. The van der Waals surface area contributed by atoms with E-state index >= 15 is 0 Å². The molecule has 1 nitrogen and oxygen atoms in total. The maximum Gasteiger partial charge on any atom is 0.194 e. The van der Waals surface area contributed by atoms with E-state index in [-0.39, 0.29) is 15.6 Å². The lowest BCUT2D eigenvalue weighted by atomic mass is 10.0. The second-order valence-corrected chi connectivity index (χ2v) is 6.10. The standard InChI is InChI=1S/C12H13OS/c1-3-14-11-7-5-4-6-10(11)8-12(14,2)9-13/h3-7,9H,1,8H2,2H3/q+1. The Labute approximate surface area is 87.2 Å². The first kappa shape index (κ1) is 9.53. The quantitative estimate of drug-likeness (QED) is 0.535. The van der Waals surface area contributed by atoms with Gasteiger partial charge in [-0.3, -0.25) is 4.79 Å². The summed E-state index contributed by atoms with van der Waals surface area (Å²) in [5, 5.41) is 1.92. The van der Waals surface area contributed by atoms with Crippen molar-refractivity contribution in [1.82, 2.24) is 0 Å². The summed E-state index contributed by atoms with van der Waals surface area (Å²) < 4.78 is -0.258. The van der Waals surface area contributed by atoms with Gasteiger partial charge in [0.1, 0.15) is 5.41 Å². The molecular formula is C12H13OS+. The van der Waals surface area contributed by atoms with E-state index in [1.165, 1.54) is 10.5 Å². The Balaban J connectivity index is 2.53. The van der Waals surface area contributed by atoms with Crippen molar-refractivity contribution >= 4 is 17.2 Å². The Morgan fingerprint density at radius 1 is 1.50 bits per heavy atom. The Kier molecular flexibility index (Phi) is 2.23. The summed E-state index contributed by atoms with van der Waals surface area (Å²) in [5.74, 6) is 0. The smallest absolute Gasteiger partial charge is 0.194 e. The van der Waals surface area contributed by atoms with Gasteiger partial charge in [-0.25, -0.2) is 0 Å². The van der Waals surface area contributed by atoms with Gasteiger partial charge in [0.05, 0.1) is 10.9 Å². The van der Waals surface area contributed by atoms with Gasteiger partial charge in [0.15, 0.2) is 15.9 Å².